The Morgan fingerprint density at radius 2 is 1.02 bits per heavy atom. The second-order valence-corrected chi connectivity index (χ2v) is 12.4. The second-order valence-electron chi connectivity index (χ2n) is 12.4. The lowest BCUT2D eigenvalue weighted by Gasteiger charge is -2.11. The number of carbonyl (C=O) groups excluding carboxylic acids is 2. The molecule has 0 spiro atoms. The summed E-state index contributed by atoms with van der Waals surface area (Å²) >= 11 is 0. The Morgan fingerprint density at radius 3 is 1.46 bits per heavy atom. The first-order valence-corrected chi connectivity index (χ1v) is 17.4. The van der Waals surface area contributed by atoms with Gasteiger partial charge in [-0.2, -0.15) is 9.97 Å². The van der Waals surface area contributed by atoms with Gasteiger partial charge in [-0.1, -0.05) is 73.7 Å². The number of benzene rings is 5. The topological polar surface area (TPSA) is 180 Å². The van der Waals surface area contributed by atoms with Crippen LogP contribution in [0.1, 0.15) is 32.8 Å². The van der Waals surface area contributed by atoms with Gasteiger partial charge in [-0.15, -0.1) is 0 Å². The van der Waals surface area contributed by atoms with Crippen molar-refractivity contribution in [1.82, 2.24) is 19.9 Å². The molecule has 2 heterocycles. The van der Waals surface area contributed by atoms with E-state index in [1.165, 1.54) is 13.8 Å². The number of ether oxygens (including phenoxy) is 2. The monoisotopic (exact) mass is 720 g/mol. The number of nitrogens with two attached hydrogens (primary N) is 2. The molecule has 7 rings (SSSR count). The van der Waals surface area contributed by atoms with Crippen LogP contribution < -0.4 is 31.6 Å². The summed E-state index contributed by atoms with van der Waals surface area (Å²) in [5.41, 5.74) is 19.7. The standard InChI is InChI=1S/C23H20N4O2.C19H20N4O2/c1-15(28)25-19-10-7-17(8-11-19)18-9-12-21-20(13-18)22(27-23(24)26-21)29-14-16-5-3-2-4-6-16;1-3-10-25-18-16-11-14(6-9-17(16)22-19(20)23-18)13-4-7-15(8-5-13)21-12(2)24/h2-13H,14H2,1H3,(H,25,28)(H2,24,26,27);4-9,11H,3,10H2,1-2H3,(H,21,24)(H2,20,22,23). The van der Waals surface area contributed by atoms with Gasteiger partial charge in [-0.3, -0.25) is 9.59 Å². The fourth-order valence-corrected chi connectivity index (χ4v) is 5.64. The molecule has 0 unspecified atom stereocenters. The van der Waals surface area contributed by atoms with Crippen molar-refractivity contribution < 1.29 is 19.1 Å². The van der Waals surface area contributed by atoms with E-state index in [0.717, 1.165) is 67.4 Å². The lowest BCUT2D eigenvalue weighted by molar-refractivity contribution is -0.115. The lowest BCUT2D eigenvalue weighted by atomic mass is 10.0. The van der Waals surface area contributed by atoms with E-state index in [1.54, 1.807) is 0 Å². The van der Waals surface area contributed by atoms with Crippen LogP contribution in [-0.4, -0.2) is 38.4 Å². The molecule has 0 fully saturated rings. The Hall–Kier alpha value is -7.08. The first kappa shape index (κ1) is 36.7. The minimum atomic E-state index is -0.0987. The molecule has 272 valence electrons. The number of hydrogen-bond donors (Lipinski definition) is 4. The first-order chi connectivity index (χ1) is 26.1. The Morgan fingerprint density at radius 1 is 0.574 bits per heavy atom. The largest absolute Gasteiger partial charge is 0.477 e. The third kappa shape index (κ3) is 9.42. The van der Waals surface area contributed by atoms with E-state index < -0.39 is 0 Å². The van der Waals surface area contributed by atoms with Gasteiger partial charge in [0.15, 0.2) is 0 Å². The average molecular weight is 721 g/mol. The molecular weight excluding hydrogens is 681 g/mol. The number of nitrogens with one attached hydrogen (secondary N) is 2. The van der Waals surface area contributed by atoms with Crippen LogP contribution in [0, 0.1) is 0 Å². The summed E-state index contributed by atoms with van der Waals surface area (Å²) < 4.78 is 11.7. The third-order valence-electron chi connectivity index (χ3n) is 8.09. The minimum Gasteiger partial charge on any atom is -0.477 e. The number of nitrogen functional groups attached to an aromatic ring is 2. The second kappa shape index (κ2) is 17.0. The van der Waals surface area contributed by atoms with Crippen LogP contribution in [-0.2, 0) is 16.2 Å². The molecule has 12 nitrogen and oxygen atoms in total. The van der Waals surface area contributed by atoms with E-state index in [9.17, 15) is 9.59 Å². The third-order valence-corrected chi connectivity index (χ3v) is 8.09. The quantitative estimate of drug-likeness (QED) is 0.108. The molecule has 7 aromatic rings. The van der Waals surface area contributed by atoms with E-state index in [0.29, 0.717) is 25.0 Å². The van der Waals surface area contributed by atoms with Crippen molar-refractivity contribution in [3.63, 3.8) is 0 Å². The van der Waals surface area contributed by atoms with Gasteiger partial charge in [0.2, 0.25) is 35.5 Å². The van der Waals surface area contributed by atoms with Gasteiger partial charge < -0.3 is 31.6 Å². The van der Waals surface area contributed by atoms with Gasteiger partial charge in [0, 0.05) is 25.2 Å². The molecule has 6 N–H and O–H groups in total. The average Bonchev–Trinajstić information content (AvgIpc) is 3.16. The van der Waals surface area contributed by atoms with Gasteiger partial charge in [-0.05, 0) is 82.8 Å². The number of fused-ring (bicyclic) bond motifs is 2. The Bertz CT molecular complexity index is 2400. The van der Waals surface area contributed by atoms with E-state index in [2.05, 4.69) is 30.6 Å². The lowest BCUT2D eigenvalue weighted by Crippen LogP contribution is -2.05. The summed E-state index contributed by atoms with van der Waals surface area (Å²) in [6.07, 6.45) is 0.885. The number of anilines is 4. The maximum atomic E-state index is 11.2. The molecule has 0 aliphatic rings. The molecule has 0 aliphatic carbocycles. The van der Waals surface area contributed by atoms with E-state index in [1.807, 2.05) is 122 Å². The molecular formula is C42H40N8O4. The summed E-state index contributed by atoms with van der Waals surface area (Å²) in [7, 11) is 0. The van der Waals surface area contributed by atoms with Crippen molar-refractivity contribution in [2.75, 3.05) is 28.7 Å². The van der Waals surface area contributed by atoms with Crippen molar-refractivity contribution in [3.05, 3.63) is 121 Å². The van der Waals surface area contributed by atoms with Crippen LogP contribution in [0.25, 0.3) is 44.1 Å². The fourth-order valence-electron chi connectivity index (χ4n) is 5.64. The minimum absolute atomic E-state index is 0.0918. The molecule has 54 heavy (non-hydrogen) atoms. The van der Waals surface area contributed by atoms with Crippen LogP contribution in [0.3, 0.4) is 0 Å². The first-order valence-electron chi connectivity index (χ1n) is 17.4. The number of rotatable bonds is 10. The Balaban J connectivity index is 0.000000186. The van der Waals surface area contributed by atoms with E-state index in [4.69, 9.17) is 20.9 Å². The number of hydrogen-bond acceptors (Lipinski definition) is 10. The van der Waals surface area contributed by atoms with Gasteiger partial charge in [0.05, 0.1) is 28.4 Å². The molecule has 12 heteroatoms. The van der Waals surface area contributed by atoms with E-state index in [-0.39, 0.29) is 23.7 Å². The van der Waals surface area contributed by atoms with Gasteiger partial charge in [0.25, 0.3) is 0 Å². The Kier molecular flexibility index (Phi) is 11.5. The molecule has 0 bridgehead atoms. The zero-order valence-corrected chi connectivity index (χ0v) is 30.2. The number of amides is 2. The van der Waals surface area contributed by atoms with Crippen LogP contribution in [0.4, 0.5) is 23.3 Å². The molecule has 0 saturated carbocycles. The smallest absolute Gasteiger partial charge is 0.226 e. The molecule has 0 atom stereocenters. The number of nitrogens with zero attached hydrogens (tertiary/aromatic N) is 4. The Labute approximate surface area is 312 Å². The molecule has 5 aromatic carbocycles. The number of carbonyl (C=O) groups is 2. The maximum absolute atomic E-state index is 11.2. The summed E-state index contributed by atoms with van der Waals surface area (Å²) in [5, 5.41) is 7.14. The van der Waals surface area contributed by atoms with Gasteiger partial charge in [0.1, 0.15) is 6.61 Å². The zero-order chi connectivity index (χ0) is 38.0. The van der Waals surface area contributed by atoms with Gasteiger partial charge >= 0.3 is 0 Å². The predicted molar refractivity (Wildman–Crippen MR) is 214 cm³/mol. The summed E-state index contributed by atoms with van der Waals surface area (Å²) in [5.74, 6) is 1.14. The van der Waals surface area contributed by atoms with Crippen LogP contribution in [0.15, 0.2) is 115 Å². The van der Waals surface area contributed by atoms with Crippen molar-refractivity contribution >= 4 is 56.9 Å². The summed E-state index contributed by atoms with van der Waals surface area (Å²) in [6, 6.07) is 36.9. The molecule has 0 saturated heterocycles. The highest BCUT2D eigenvalue weighted by Crippen LogP contribution is 2.31. The highest BCUT2D eigenvalue weighted by molar-refractivity contribution is 5.92. The highest BCUT2D eigenvalue weighted by Gasteiger charge is 2.12. The number of aromatic nitrogens is 4. The van der Waals surface area contributed by atoms with Crippen molar-refractivity contribution in [1.29, 1.82) is 0 Å². The predicted octanol–water partition coefficient (Wildman–Crippen LogP) is 8.04. The highest BCUT2D eigenvalue weighted by atomic mass is 16.5. The fraction of sp³-hybridized carbons (Fsp3) is 0.143. The normalized spacial score (nSPS) is 10.6. The summed E-state index contributed by atoms with van der Waals surface area (Å²) in [6.45, 7) is 5.97. The molecule has 2 amide bonds. The molecule has 0 radical (unpaired) electrons. The SMILES string of the molecule is CC(=O)Nc1ccc(-c2ccc3nc(N)nc(OCc4ccccc4)c3c2)cc1.CCCOc1nc(N)nc2ccc(-c3ccc(NC(C)=O)cc3)cc12. The van der Waals surface area contributed by atoms with Crippen molar-refractivity contribution in [2.45, 2.75) is 33.8 Å². The summed E-state index contributed by atoms with van der Waals surface area (Å²) in [4.78, 5) is 39.4. The molecule has 0 aliphatic heterocycles. The van der Waals surface area contributed by atoms with Crippen LogP contribution >= 0.6 is 0 Å². The molecule has 2 aromatic heterocycles. The van der Waals surface area contributed by atoms with Crippen molar-refractivity contribution in [2.24, 2.45) is 0 Å². The van der Waals surface area contributed by atoms with Crippen molar-refractivity contribution in [3.8, 4) is 34.0 Å². The van der Waals surface area contributed by atoms with Crippen LogP contribution in [0.5, 0.6) is 11.8 Å². The van der Waals surface area contributed by atoms with Gasteiger partial charge in [-0.25, -0.2) is 9.97 Å². The van der Waals surface area contributed by atoms with Crippen LogP contribution in [0.2, 0.25) is 0 Å². The zero-order valence-electron chi connectivity index (χ0n) is 30.2. The maximum Gasteiger partial charge on any atom is 0.226 e. The van der Waals surface area contributed by atoms with E-state index >= 15 is 0 Å².